The number of carboxylic acid groups (broad SMARTS) is 1. The van der Waals surface area contributed by atoms with E-state index in [1.165, 1.54) is 0 Å². The molecular weight excluding hydrogens is 326 g/mol. The molecule has 1 amide bonds. The van der Waals surface area contributed by atoms with Gasteiger partial charge in [-0.25, -0.2) is 4.79 Å². The number of hydrogen-bond acceptors (Lipinski definition) is 5. The molecule has 0 aliphatic rings. The summed E-state index contributed by atoms with van der Waals surface area (Å²) in [7, 11) is 0. The first kappa shape index (κ1) is 23.2. The molecule has 25 heavy (non-hydrogen) atoms. The van der Waals surface area contributed by atoms with Gasteiger partial charge in [0.1, 0.15) is 0 Å². The number of carboxylic acids is 1. The van der Waals surface area contributed by atoms with Crippen molar-refractivity contribution >= 4 is 18.0 Å². The van der Waals surface area contributed by atoms with Crippen LogP contribution in [0.15, 0.2) is 0 Å². The second kappa shape index (κ2) is 11.7. The third kappa shape index (κ3) is 12.3. The number of carbonyl (C=O) groups excluding carboxylic acids is 2. The summed E-state index contributed by atoms with van der Waals surface area (Å²) in [4.78, 5) is 34.2. The number of ether oxygens (including phenoxy) is 2. The number of alkyl carbamates (subject to hydrolysis) is 1. The maximum atomic E-state index is 11.9. The van der Waals surface area contributed by atoms with Crippen LogP contribution in [0.5, 0.6) is 0 Å². The fourth-order valence-electron chi connectivity index (χ4n) is 2.00. The molecule has 0 aromatic rings. The number of rotatable bonds is 11. The second-order valence-electron chi connectivity index (χ2n) is 7.39. The van der Waals surface area contributed by atoms with Gasteiger partial charge in [0.05, 0.1) is 5.41 Å². The number of aliphatic carboxylic acids is 1. The zero-order chi connectivity index (χ0) is 19.5. The van der Waals surface area contributed by atoms with E-state index in [9.17, 15) is 14.4 Å². The largest absolute Gasteiger partial charge is 0.481 e. The van der Waals surface area contributed by atoms with E-state index in [-0.39, 0.29) is 6.42 Å². The van der Waals surface area contributed by atoms with Crippen LogP contribution in [-0.2, 0) is 19.1 Å². The molecule has 2 N–H and O–H groups in total. The van der Waals surface area contributed by atoms with Crippen LogP contribution in [0.3, 0.4) is 0 Å². The molecule has 0 spiro atoms. The minimum absolute atomic E-state index is 0.164. The van der Waals surface area contributed by atoms with Crippen LogP contribution >= 0.6 is 0 Å². The quantitative estimate of drug-likeness (QED) is 0.431. The highest BCUT2D eigenvalue weighted by Gasteiger charge is 2.27. The fourth-order valence-corrected chi connectivity index (χ4v) is 2.00. The summed E-state index contributed by atoms with van der Waals surface area (Å²) in [5, 5.41) is 11.3. The average molecular weight is 359 g/mol. The molecule has 2 atom stereocenters. The molecule has 146 valence electrons. The molecular formula is C18H33NO6. The maximum Gasteiger partial charge on any atom is 0.410 e. The third-order valence-corrected chi connectivity index (χ3v) is 3.61. The van der Waals surface area contributed by atoms with Gasteiger partial charge in [-0.2, -0.15) is 0 Å². The average Bonchev–Trinajstić information content (AvgIpc) is 2.45. The van der Waals surface area contributed by atoms with Crippen molar-refractivity contribution in [2.75, 3.05) is 6.54 Å². The Labute approximate surface area is 150 Å². The van der Waals surface area contributed by atoms with Crippen LogP contribution in [-0.4, -0.2) is 36.0 Å². The maximum absolute atomic E-state index is 11.9. The SMILES string of the molecule is CCCC(OC(=O)NCCC(C)CCCC(=O)O)OC(=O)C(C)(C)C. The van der Waals surface area contributed by atoms with Crippen molar-refractivity contribution < 1.29 is 29.0 Å². The Hall–Kier alpha value is -1.79. The van der Waals surface area contributed by atoms with Gasteiger partial charge in [-0.1, -0.05) is 20.3 Å². The molecule has 0 heterocycles. The monoisotopic (exact) mass is 359 g/mol. The van der Waals surface area contributed by atoms with E-state index < -0.39 is 29.7 Å². The molecule has 0 aromatic heterocycles. The Morgan fingerprint density at radius 2 is 1.72 bits per heavy atom. The highest BCUT2D eigenvalue weighted by Crippen LogP contribution is 2.18. The molecule has 0 aromatic carbocycles. The van der Waals surface area contributed by atoms with E-state index in [1.54, 1.807) is 20.8 Å². The summed E-state index contributed by atoms with van der Waals surface area (Å²) in [5.74, 6) is -0.892. The Kier molecular flexibility index (Phi) is 10.9. The van der Waals surface area contributed by atoms with E-state index in [4.69, 9.17) is 14.6 Å². The molecule has 0 aliphatic heterocycles. The van der Waals surface area contributed by atoms with Crippen molar-refractivity contribution in [2.24, 2.45) is 11.3 Å². The Bertz CT molecular complexity index is 430. The molecule has 0 radical (unpaired) electrons. The van der Waals surface area contributed by atoms with Crippen LogP contribution in [0.2, 0.25) is 0 Å². The lowest BCUT2D eigenvalue weighted by molar-refractivity contribution is -0.178. The number of carbonyl (C=O) groups is 3. The number of esters is 1. The van der Waals surface area contributed by atoms with E-state index in [1.807, 2.05) is 13.8 Å². The van der Waals surface area contributed by atoms with Crippen molar-refractivity contribution in [1.29, 1.82) is 0 Å². The van der Waals surface area contributed by atoms with Gasteiger partial charge >= 0.3 is 18.0 Å². The van der Waals surface area contributed by atoms with Crippen LogP contribution < -0.4 is 5.32 Å². The van der Waals surface area contributed by atoms with E-state index in [0.717, 1.165) is 19.3 Å². The summed E-state index contributed by atoms with van der Waals surface area (Å²) < 4.78 is 10.4. The van der Waals surface area contributed by atoms with Crippen molar-refractivity contribution in [3.63, 3.8) is 0 Å². The van der Waals surface area contributed by atoms with Gasteiger partial charge in [0.2, 0.25) is 6.29 Å². The molecule has 0 rings (SSSR count). The van der Waals surface area contributed by atoms with Gasteiger partial charge in [0.25, 0.3) is 0 Å². The molecule has 7 nitrogen and oxygen atoms in total. The first-order valence-electron chi connectivity index (χ1n) is 8.93. The lowest BCUT2D eigenvalue weighted by Crippen LogP contribution is -2.35. The summed E-state index contributed by atoms with van der Waals surface area (Å²) in [6, 6.07) is 0. The lowest BCUT2D eigenvalue weighted by atomic mass is 9.97. The highest BCUT2D eigenvalue weighted by atomic mass is 16.7. The fraction of sp³-hybridized carbons (Fsp3) is 0.833. The number of amides is 1. The topological polar surface area (TPSA) is 102 Å². The van der Waals surface area contributed by atoms with Crippen LogP contribution in [0.4, 0.5) is 4.79 Å². The smallest absolute Gasteiger partial charge is 0.410 e. The summed E-state index contributed by atoms with van der Waals surface area (Å²) in [5.41, 5.74) is -0.656. The van der Waals surface area contributed by atoms with Crippen molar-refractivity contribution in [1.82, 2.24) is 5.32 Å². The predicted molar refractivity (Wildman–Crippen MR) is 94.0 cm³/mol. The van der Waals surface area contributed by atoms with Gasteiger partial charge in [-0.3, -0.25) is 9.59 Å². The first-order chi connectivity index (χ1) is 11.6. The first-order valence-corrected chi connectivity index (χ1v) is 8.93. The Morgan fingerprint density at radius 1 is 1.08 bits per heavy atom. The number of nitrogens with one attached hydrogen (secondary N) is 1. The molecule has 7 heteroatoms. The van der Waals surface area contributed by atoms with Crippen molar-refractivity contribution in [2.45, 2.75) is 79.4 Å². The normalized spacial score (nSPS) is 13.6. The van der Waals surface area contributed by atoms with Crippen LogP contribution in [0.1, 0.15) is 73.1 Å². The van der Waals surface area contributed by atoms with Gasteiger partial charge in [0.15, 0.2) is 0 Å². The molecule has 0 aliphatic carbocycles. The Balaban J connectivity index is 4.14. The van der Waals surface area contributed by atoms with E-state index in [2.05, 4.69) is 5.32 Å². The minimum atomic E-state index is -0.885. The zero-order valence-electron chi connectivity index (χ0n) is 16.1. The highest BCUT2D eigenvalue weighted by molar-refractivity contribution is 5.75. The van der Waals surface area contributed by atoms with Crippen molar-refractivity contribution in [3.05, 3.63) is 0 Å². The van der Waals surface area contributed by atoms with Crippen LogP contribution in [0.25, 0.3) is 0 Å². The summed E-state index contributed by atoms with van der Waals surface area (Å²) >= 11 is 0. The standard InChI is InChI=1S/C18H33NO6/c1-6-8-15(24-16(22)18(3,4)5)25-17(23)19-12-11-13(2)9-7-10-14(20)21/h13,15H,6-12H2,1-5H3,(H,19,23)(H,20,21). The van der Waals surface area contributed by atoms with Crippen LogP contribution in [0, 0.1) is 11.3 Å². The molecule has 0 fully saturated rings. The van der Waals surface area contributed by atoms with Gasteiger partial charge in [-0.05, 0) is 46.0 Å². The third-order valence-electron chi connectivity index (χ3n) is 3.61. The molecule has 0 bridgehead atoms. The predicted octanol–water partition coefficient (Wildman–Crippen LogP) is 3.71. The minimum Gasteiger partial charge on any atom is -0.481 e. The molecule has 0 saturated heterocycles. The summed E-state index contributed by atoms with van der Waals surface area (Å²) in [6.45, 7) is 9.58. The number of hydrogen-bond donors (Lipinski definition) is 2. The molecule has 0 saturated carbocycles. The van der Waals surface area contributed by atoms with Crippen molar-refractivity contribution in [3.8, 4) is 0 Å². The summed E-state index contributed by atoms with van der Waals surface area (Å²) in [6.07, 6.45) is 1.98. The van der Waals surface area contributed by atoms with E-state index >= 15 is 0 Å². The lowest BCUT2D eigenvalue weighted by Gasteiger charge is -2.23. The Morgan fingerprint density at radius 3 is 2.24 bits per heavy atom. The molecule has 2 unspecified atom stereocenters. The second-order valence-corrected chi connectivity index (χ2v) is 7.39. The zero-order valence-corrected chi connectivity index (χ0v) is 16.1. The van der Waals surface area contributed by atoms with Gasteiger partial charge in [-0.15, -0.1) is 0 Å². The van der Waals surface area contributed by atoms with Gasteiger partial charge < -0.3 is 19.9 Å². The van der Waals surface area contributed by atoms with E-state index in [0.29, 0.717) is 25.3 Å². The van der Waals surface area contributed by atoms with Gasteiger partial charge in [0, 0.05) is 19.4 Å².